The summed E-state index contributed by atoms with van der Waals surface area (Å²) in [7, 11) is 0. The molecule has 5 heteroatoms. The lowest BCUT2D eigenvalue weighted by Gasteiger charge is -2.56. The Morgan fingerprint density at radius 1 is 1.45 bits per heavy atom. The van der Waals surface area contributed by atoms with Crippen LogP contribution in [0.2, 0.25) is 0 Å². The van der Waals surface area contributed by atoms with Crippen LogP contribution in [0.4, 0.5) is 0 Å². The predicted octanol–water partition coefficient (Wildman–Crippen LogP) is 2.29. The van der Waals surface area contributed by atoms with Crippen molar-refractivity contribution in [3.63, 3.8) is 0 Å². The number of piperidine rings is 1. The molecule has 1 saturated heterocycles. The van der Waals surface area contributed by atoms with Crippen LogP contribution in [0.15, 0.2) is 10.5 Å². The number of nitrogens with zero attached hydrogens (tertiary/aromatic N) is 1. The average Bonchev–Trinajstić information content (AvgIpc) is 2.85. The van der Waals surface area contributed by atoms with E-state index in [4.69, 9.17) is 9.15 Å². The second-order valence-electron chi connectivity index (χ2n) is 6.59. The molecule has 1 amide bonds. The number of amides is 1. The van der Waals surface area contributed by atoms with Gasteiger partial charge in [-0.2, -0.15) is 0 Å². The van der Waals surface area contributed by atoms with Gasteiger partial charge in [-0.15, -0.1) is 0 Å². The van der Waals surface area contributed by atoms with Crippen LogP contribution < -0.4 is 0 Å². The molecule has 1 aromatic rings. The summed E-state index contributed by atoms with van der Waals surface area (Å²) in [6.07, 6.45) is 2.15. The molecule has 122 valence electrons. The summed E-state index contributed by atoms with van der Waals surface area (Å²) in [6.45, 7) is 7.71. The Hall–Kier alpha value is -1.33. The normalized spacial score (nSPS) is 27.0. The number of rotatable bonds is 3. The lowest BCUT2D eigenvalue weighted by Crippen LogP contribution is -2.62. The number of aliphatic hydroxyl groups excluding tert-OH is 1. The van der Waals surface area contributed by atoms with E-state index in [0.717, 1.165) is 30.6 Å². The van der Waals surface area contributed by atoms with E-state index in [2.05, 4.69) is 0 Å². The van der Waals surface area contributed by atoms with Crippen molar-refractivity contribution in [2.45, 2.75) is 52.2 Å². The predicted molar refractivity (Wildman–Crippen MR) is 81.8 cm³/mol. The molecule has 2 heterocycles. The lowest BCUT2D eigenvalue weighted by molar-refractivity contribution is -0.207. The van der Waals surface area contributed by atoms with Crippen molar-refractivity contribution < 1.29 is 19.1 Å². The second-order valence-corrected chi connectivity index (χ2v) is 6.59. The number of ether oxygens (including phenoxy) is 1. The van der Waals surface area contributed by atoms with Gasteiger partial charge in [0.1, 0.15) is 5.76 Å². The fourth-order valence-electron chi connectivity index (χ4n) is 3.94. The first-order valence-corrected chi connectivity index (χ1v) is 8.14. The zero-order valence-corrected chi connectivity index (χ0v) is 13.6. The summed E-state index contributed by atoms with van der Waals surface area (Å²) in [5, 5.41) is 10.2. The highest BCUT2D eigenvalue weighted by molar-refractivity contribution is 5.93. The van der Waals surface area contributed by atoms with Crippen LogP contribution in [0.25, 0.3) is 0 Å². The Morgan fingerprint density at radius 2 is 2.14 bits per heavy atom. The van der Waals surface area contributed by atoms with Crippen LogP contribution in [0.5, 0.6) is 0 Å². The van der Waals surface area contributed by atoms with E-state index >= 15 is 0 Å². The first kappa shape index (κ1) is 15.6. The Bertz CT molecular complexity index is 555. The maximum atomic E-state index is 12.6. The first-order valence-electron chi connectivity index (χ1n) is 8.14. The molecule has 5 nitrogen and oxygen atoms in total. The van der Waals surface area contributed by atoms with Crippen molar-refractivity contribution in [3.8, 4) is 0 Å². The number of aryl methyl sites for hydroxylation is 2. The van der Waals surface area contributed by atoms with E-state index in [1.165, 1.54) is 0 Å². The maximum absolute atomic E-state index is 12.6. The minimum Gasteiger partial charge on any atom is -0.456 e. The molecule has 0 bridgehead atoms. The van der Waals surface area contributed by atoms with Crippen molar-refractivity contribution in [1.29, 1.82) is 0 Å². The molecular weight excluding hydrogens is 282 g/mol. The third-order valence-corrected chi connectivity index (χ3v) is 5.33. The summed E-state index contributed by atoms with van der Waals surface area (Å²) in [5.41, 5.74) is 0.736. The molecule has 0 unspecified atom stereocenters. The number of furan rings is 1. The molecule has 1 saturated carbocycles. The number of likely N-dealkylation sites (tertiary alicyclic amines) is 1. The average molecular weight is 307 g/mol. The van der Waals surface area contributed by atoms with Gasteiger partial charge in [-0.3, -0.25) is 4.79 Å². The molecule has 1 aromatic heterocycles. The van der Waals surface area contributed by atoms with Gasteiger partial charge < -0.3 is 19.2 Å². The Labute approximate surface area is 131 Å². The molecule has 2 aliphatic rings. The molecule has 22 heavy (non-hydrogen) atoms. The number of carbonyl (C=O) groups is 1. The maximum Gasteiger partial charge on any atom is 0.289 e. The molecule has 0 aromatic carbocycles. The SMILES string of the molecule is CCO[C@H]1C[C@H](O)C12CCN(C(=O)c1oc(C)cc1C)CC2. The summed E-state index contributed by atoms with van der Waals surface area (Å²) < 4.78 is 11.3. The van der Waals surface area contributed by atoms with Gasteiger partial charge in [-0.05, 0) is 39.7 Å². The third kappa shape index (κ3) is 2.36. The highest BCUT2D eigenvalue weighted by atomic mass is 16.5. The molecule has 1 N–H and O–H groups in total. The van der Waals surface area contributed by atoms with Crippen molar-refractivity contribution in [1.82, 2.24) is 4.90 Å². The largest absolute Gasteiger partial charge is 0.456 e. The third-order valence-electron chi connectivity index (χ3n) is 5.33. The van der Waals surface area contributed by atoms with Crippen molar-refractivity contribution in [3.05, 3.63) is 23.2 Å². The Morgan fingerprint density at radius 3 is 2.64 bits per heavy atom. The van der Waals surface area contributed by atoms with Crippen LogP contribution in [0, 0.1) is 19.3 Å². The molecule has 0 radical (unpaired) electrons. The van der Waals surface area contributed by atoms with Gasteiger partial charge in [0.05, 0.1) is 12.2 Å². The lowest BCUT2D eigenvalue weighted by atomic mass is 9.58. The Balaban J connectivity index is 1.67. The van der Waals surface area contributed by atoms with E-state index in [1.807, 2.05) is 31.7 Å². The van der Waals surface area contributed by atoms with E-state index in [-0.39, 0.29) is 23.5 Å². The zero-order chi connectivity index (χ0) is 15.9. The van der Waals surface area contributed by atoms with E-state index in [1.54, 1.807) is 0 Å². The molecule has 2 fully saturated rings. The monoisotopic (exact) mass is 307 g/mol. The summed E-state index contributed by atoms with van der Waals surface area (Å²) in [5.74, 6) is 1.17. The quantitative estimate of drug-likeness (QED) is 0.930. The minimum absolute atomic E-state index is 0.0396. The number of carbonyl (C=O) groups excluding carboxylic acids is 1. The smallest absolute Gasteiger partial charge is 0.289 e. The van der Waals surface area contributed by atoms with Gasteiger partial charge >= 0.3 is 0 Å². The number of hydrogen-bond acceptors (Lipinski definition) is 4. The molecule has 1 aliphatic carbocycles. The zero-order valence-electron chi connectivity index (χ0n) is 13.6. The molecule has 2 atom stereocenters. The van der Waals surface area contributed by atoms with Crippen molar-refractivity contribution >= 4 is 5.91 Å². The summed E-state index contributed by atoms with van der Waals surface area (Å²) in [6, 6.07) is 1.89. The molecule has 3 rings (SSSR count). The van der Waals surface area contributed by atoms with Crippen LogP contribution >= 0.6 is 0 Å². The van der Waals surface area contributed by atoms with Gasteiger partial charge in [-0.1, -0.05) is 0 Å². The van der Waals surface area contributed by atoms with Crippen LogP contribution in [0.1, 0.15) is 48.1 Å². The molecule has 1 spiro atoms. The van der Waals surface area contributed by atoms with Crippen LogP contribution in [-0.2, 0) is 4.74 Å². The molecular formula is C17H25NO4. The Kier molecular flexibility index (Phi) is 4.03. The second kappa shape index (κ2) is 5.70. The number of hydrogen-bond donors (Lipinski definition) is 1. The van der Waals surface area contributed by atoms with Crippen molar-refractivity contribution in [2.75, 3.05) is 19.7 Å². The van der Waals surface area contributed by atoms with Crippen molar-refractivity contribution in [2.24, 2.45) is 5.41 Å². The summed E-state index contributed by atoms with van der Waals surface area (Å²) in [4.78, 5) is 14.4. The minimum atomic E-state index is -0.297. The summed E-state index contributed by atoms with van der Waals surface area (Å²) >= 11 is 0. The highest BCUT2D eigenvalue weighted by Crippen LogP contribution is 2.51. The van der Waals surface area contributed by atoms with Gasteiger partial charge in [0, 0.05) is 37.1 Å². The fraction of sp³-hybridized carbons (Fsp3) is 0.706. The highest BCUT2D eigenvalue weighted by Gasteiger charge is 2.56. The van der Waals surface area contributed by atoms with E-state index < -0.39 is 0 Å². The topological polar surface area (TPSA) is 62.9 Å². The number of aliphatic hydroxyl groups is 1. The van der Waals surface area contributed by atoms with Crippen LogP contribution in [0.3, 0.4) is 0 Å². The van der Waals surface area contributed by atoms with Gasteiger partial charge in [-0.25, -0.2) is 0 Å². The standard InChI is InChI=1S/C17H25NO4/c1-4-21-14-10-13(19)17(14)5-7-18(8-6-17)16(20)15-11(2)9-12(3)22-15/h9,13-14,19H,4-8,10H2,1-3H3/t13-,14-/m0/s1. The molecule has 1 aliphatic heterocycles. The fourth-order valence-corrected chi connectivity index (χ4v) is 3.94. The van der Waals surface area contributed by atoms with E-state index in [9.17, 15) is 9.90 Å². The van der Waals surface area contributed by atoms with Gasteiger partial charge in [0.25, 0.3) is 5.91 Å². The van der Waals surface area contributed by atoms with Gasteiger partial charge in [0.2, 0.25) is 0 Å². The van der Waals surface area contributed by atoms with E-state index in [0.29, 0.717) is 25.5 Å². The van der Waals surface area contributed by atoms with Crippen LogP contribution in [-0.4, -0.2) is 47.8 Å². The van der Waals surface area contributed by atoms with Gasteiger partial charge in [0.15, 0.2) is 5.76 Å². The first-order chi connectivity index (χ1) is 10.5.